The zero-order chi connectivity index (χ0) is 18.8. The van der Waals surface area contributed by atoms with E-state index < -0.39 is 11.9 Å². The van der Waals surface area contributed by atoms with E-state index >= 15 is 0 Å². The third-order valence-electron chi connectivity index (χ3n) is 4.52. The molecule has 0 aliphatic carbocycles. The molecule has 1 fully saturated rings. The third kappa shape index (κ3) is 3.50. The van der Waals surface area contributed by atoms with E-state index in [4.69, 9.17) is 9.15 Å². The highest BCUT2D eigenvalue weighted by atomic mass is 32.1. The minimum Gasteiger partial charge on any atom is -0.467 e. The lowest BCUT2D eigenvalue weighted by Crippen LogP contribution is -2.28. The molecule has 0 radical (unpaired) electrons. The number of carbonyl (C=O) groups is 3. The van der Waals surface area contributed by atoms with E-state index in [2.05, 4.69) is 5.32 Å². The van der Waals surface area contributed by atoms with Crippen molar-refractivity contribution in [2.24, 2.45) is 5.92 Å². The summed E-state index contributed by atoms with van der Waals surface area (Å²) in [5.41, 5.74) is 1.17. The van der Waals surface area contributed by atoms with Crippen LogP contribution in [0.2, 0.25) is 0 Å². The molecule has 1 saturated heterocycles. The Kier molecular flexibility index (Phi) is 5.13. The minimum atomic E-state index is -0.482. The van der Waals surface area contributed by atoms with Crippen molar-refractivity contribution < 1.29 is 23.5 Å². The lowest BCUT2D eigenvalue weighted by molar-refractivity contribution is -0.128. The maximum absolute atomic E-state index is 12.6. The lowest BCUT2D eigenvalue weighted by atomic mass is 10.1. The summed E-state index contributed by atoms with van der Waals surface area (Å²) in [7, 11) is 1.31. The van der Waals surface area contributed by atoms with E-state index in [0.29, 0.717) is 29.4 Å². The summed E-state index contributed by atoms with van der Waals surface area (Å²) in [6, 6.07) is 3.55. The Bertz CT molecular complexity index is 840. The molecule has 138 valence electrons. The Labute approximate surface area is 154 Å². The smallest absolute Gasteiger partial charge is 0.341 e. The van der Waals surface area contributed by atoms with Gasteiger partial charge in [-0.2, -0.15) is 0 Å². The van der Waals surface area contributed by atoms with Crippen molar-refractivity contribution in [2.45, 2.75) is 26.8 Å². The van der Waals surface area contributed by atoms with E-state index in [1.807, 2.05) is 13.8 Å². The fourth-order valence-corrected chi connectivity index (χ4v) is 4.02. The summed E-state index contributed by atoms with van der Waals surface area (Å²) >= 11 is 1.33. The van der Waals surface area contributed by atoms with Crippen LogP contribution in [0.1, 0.15) is 33.0 Å². The number of esters is 1. The normalized spacial score (nSPS) is 16.8. The Morgan fingerprint density at radius 2 is 2.19 bits per heavy atom. The average Bonchev–Trinajstić information content (AvgIpc) is 3.30. The van der Waals surface area contributed by atoms with Gasteiger partial charge in [-0.25, -0.2) is 4.79 Å². The Morgan fingerprint density at radius 3 is 2.85 bits per heavy atom. The molecule has 1 aliphatic rings. The van der Waals surface area contributed by atoms with Gasteiger partial charge in [0.2, 0.25) is 11.8 Å². The standard InChI is InChI=1S/C18H20N2O5S/c1-10-11(2)26-17(15(10)18(23)24-3)19-16(22)12-7-14(21)20(8-12)9-13-5-4-6-25-13/h4-6,12H,7-9H2,1-3H3,(H,19,22)/t12-/m1/s1. The van der Waals surface area contributed by atoms with Gasteiger partial charge in [-0.3, -0.25) is 9.59 Å². The number of hydrogen-bond donors (Lipinski definition) is 1. The molecule has 1 N–H and O–H groups in total. The monoisotopic (exact) mass is 376 g/mol. The van der Waals surface area contributed by atoms with Gasteiger partial charge >= 0.3 is 5.97 Å². The summed E-state index contributed by atoms with van der Waals surface area (Å²) in [6.07, 6.45) is 1.69. The number of anilines is 1. The predicted molar refractivity (Wildman–Crippen MR) is 96.0 cm³/mol. The van der Waals surface area contributed by atoms with Crippen molar-refractivity contribution in [3.8, 4) is 0 Å². The zero-order valence-electron chi connectivity index (χ0n) is 14.8. The number of carbonyl (C=O) groups excluding carboxylic acids is 3. The first-order chi connectivity index (χ1) is 12.4. The van der Waals surface area contributed by atoms with Gasteiger partial charge in [-0.1, -0.05) is 0 Å². The molecule has 0 unspecified atom stereocenters. The molecule has 26 heavy (non-hydrogen) atoms. The third-order valence-corrected chi connectivity index (χ3v) is 5.65. The molecule has 2 aromatic rings. The number of hydrogen-bond acceptors (Lipinski definition) is 6. The van der Waals surface area contributed by atoms with Gasteiger partial charge in [0.05, 0.1) is 31.4 Å². The zero-order valence-corrected chi connectivity index (χ0v) is 15.6. The average molecular weight is 376 g/mol. The van der Waals surface area contributed by atoms with Gasteiger partial charge in [-0.05, 0) is 31.5 Å². The number of amides is 2. The molecular formula is C18H20N2O5S. The van der Waals surface area contributed by atoms with Gasteiger partial charge in [0.25, 0.3) is 0 Å². The van der Waals surface area contributed by atoms with Crippen molar-refractivity contribution in [3.05, 3.63) is 40.2 Å². The van der Waals surface area contributed by atoms with Crippen LogP contribution >= 0.6 is 11.3 Å². The molecule has 0 saturated carbocycles. The van der Waals surface area contributed by atoms with Crippen LogP contribution in [0.15, 0.2) is 22.8 Å². The van der Waals surface area contributed by atoms with Crippen molar-refractivity contribution in [2.75, 3.05) is 19.0 Å². The quantitative estimate of drug-likeness (QED) is 0.811. The molecular weight excluding hydrogens is 356 g/mol. The van der Waals surface area contributed by atoms with Crippen LogP contribution in [-0.4, -0.2) is 36.3 Å². The number of thiophene rings is 1. The van der Waals surface area contributed by atoms with E-state index in [1.54, 1.807) is 23.3 Å². The van der Waals surface area contributed by atoms with E-state index in [0.717, 1.165) is 10.4 Å². The molecule has 2 aromatic heterocycles. The first-order valence-electron chi connectivity index (χ1n) is 8.20. The van der Waals surface area contributed by atoms with Crippen molar-refractivity contribution in [1.82, 2.24) is 4.90 Å². The first kappa shape index (κ1) is 18.2. The second kappa shape index (κ2) is 7.33. The van der Waals surface area contributed by atoms with Crippen LogP contribution in [0.4, 0.5) is 5.00 Å². The summed E-state index contributed by atoms with van der Waals surface area (Å²) in [5, 5.41) is 3.27. The molecule has 1 aliphatic heterocycles. The van der Waals surface area contributed by atoms with Crippen LogP contribution < -0.4 is 5.32 Å². The lowest BCUT2D eigenvalue weighted by Gasteiger charge is -2.15. The Hall–Kier alpha value is -2.61. The highest BCUT2D eigenvalue weighted by Gasteiger charge is 2.35. The summed E-state index contributed by atoms with van der Waals surface area (Å²) < 4.78 is 10.1. The van der Waals surface area contributed by atoms with Gasteiger partial charge in [-0.15, -0.1) is 11.3 Å². The Balaban J connectivity index is 1.70. The summed E-state index contributed by atoms with van der Waals surface area (Å²) in [4.78, 5) is 39.4. The van der Waals surface area contributed by atoms with Gasteiger partial charge in [0.15, 0.2) is 0 Å². The van der Waals surface area contributed by atoms with Crippen LogP contribution in [0.3, 0.4) is 0 Å². The van der Waals surface area contributed by atoms with Crippen LogP contribution in [-0.2, 0) is 20.9 Å². The molecule has 7 nitrogen and oxygen atoms in total. The molecule has 3 rings (SSSR count). The summed E-state index contributed by atoms with van der Waals surface area (Å²) in [5.74, 6) is -0.633. The van der Waals surface area contributed by atoms with Crippen LogP contribution in [0.5, 0.6) is 0 Å². The van der Waals surface area contributed by atoms with Crippen molar-refractivity contribution >= 4 is 34.1 Å². The van der Waals surface area contributed by atoms with Gasteiger partial charge in [0.1, 0.15) is 10.8 Å². The van der Waals surface area contributed by atoms with Crippen LogP contribution in [0.25, 0.3) is 0 Å². The van der Waals surface area contributed by atoms with E-state index in [-0.39, 0.29) is 18.2 Å². The van der Waals surface area contributed by atoms with E-state index in [9.17, 15) is 14.4 Å². The highest BCUT2D eigenvalue weighted by Crippen LogP contribution is 2.34. The molecule has 0 aromatic carbocycles. The number of nitrogens with one attached hydrogen (secondary N) is 1. The Morgan fingerprint density at radius 1 is 1.42 bits per heavy atom. The summed E-state index contributed by atoms with van der Waals surface area (Å²) in [6.45, 7) is 4.37. The predicted octanol–water partition coefficient (Wildman–Crippen LogP) is 2.73. The number of rotatable bonds is 5. The number of methoxy groups -OCH3 is 1. The molecule has 3 heterocycles. The van der Waals surface area contributed by atoms with Gasteiger partial charge in [0, 0.05) is 17.8 Å². The van der Waals surface area contributed by atoms with Gasteiger partial charge < -0.3 is 19.4 Å². The fourth-order valence-electron chi connectivity index (χ4n) is 2.97. The molecule has 2 amide bonds. The highest BCUT2D eigenvalue weighted by molar-refractivity contribution is 7.16. The molecule has 0 spiro atoms. The first-order valence-corrected chi connectivity index (χ1v) is 9.01. The van der Waals surface area contributed by atoms with Crippen molar-refractivity contribution in [1.29, 1.82) is 0 Å². The SMILES string of the molecule is COC(=O)c1c(NC(=O)[C@@H]2CC(=O)N(Cc3ccco3)C2)sc(C)c1C. The second-order valence-electron chi connectivity index (χ2n) is 6.22. The van der Waals surface area contributed by atoms with Crippen LogP contribution in [0, 0.1) is 19.8 Å². The number of likely N-dealkylation sites (tertiary alicyclic amines) is 1. The second-order valence-corrected chi connectivity index (χ2v) is 7.45. The molecule has 0 bridgehead atoms. The molecule has 1 atom stereocenters. The van der Waals surface area contributed by atoms with Crippen molar-refractivity contribution in [3.63, 3.8) is 0 Å². The molecule has 8 heteroatoms. The number of ether oxygens (including phenoxy) is 1. The minimum absolute atomic E-state index is 0.0896. The maximum atomic E-state index is 12.6. The largest absolute Gasteiger partial charge is 0.467 e. The fraction of sp³-hybridized carbons (Fsp3) is 0.389. The number of nitrogens with zero attached hydrogens (tertiary/aromatic N) is 1. The topological polar surface area (TPSA) is 88.8 Å². The maximum Gasteiger partial charge on any atom is 0.341 e. The number of aryl methyl sites for hydroxylation is 1. The van der Waals surface area contributed by atoms with E-state index in [1.165, 1.54) is 18.4 Å². The number of furan rings is 1.